The molecule has 0 aromatic heterocycles. The second-order valence-electron chi connectivity index (χ2n) is 3.99. The highest BCUT2D eigenvalue weighted by Gasteiger charge is 2.12. The van der Waals surface area contributed by atoms with Crippen LogP contribution in [0.1, 0.15) is 12.5 Å². The molecule has 0 radical (unpaired) electrons. The molecule has 5 heteroatoms. The minimum absolute atomic E-state index is 0.681. The van der Waals surface area contributed by atoms with Crippen molar-refractivity contribution in [2.45, 2.75) is 13.3 Å². The first kappa shape index (κ1) is 16.3. The van der Waals surface area contributed by atoms with Crippen LogP contribution in [0.3, 0.4) is 0 Å². The van der Waals surface area contributed by atoms with E-state index in [4.69, 9.17) is 14.2 Å². The summed E-state index contributed by atoms with van der Waals surface area (Å²) in [6.07, 6.45) is 0.817. The number of ether oxygens (including phenoxy) is 3. The molecule has 19 heavy (non-hydrogen) atoms. The van der Waals surface area contributed by atoms with Gasteiger partial charge in [0.15, 0.2) is 0 Å². The molecule has 1 aromatic rings. The summed E-state index contributed by atoms with van der Waals surface area (Å²) < 4.78 is 17.1. The van der Waals surface area contributed by atoms with Gasteiger partial charge in [-0.05, 0) is 40.5 Å². The second kappa shape index (κ2) is 9.18. The van der Waals surface area contributed by atoms with Gasteiger partial charge in [0.25, 0.3) is 0 Å². The summed E-state index contributed by atoms with van der Waals surface area (Å²) in [5.74, 6) is 1.59. The predicted octanol–water partition coefficient (Wildman–Crippen LogP) is 2.63. The molecule has 1 rings (SSSR count). The molecule has 0 aliphatic rings. The fourth-order valence-electron chi connectivity index (χ4n) is 1.76. The SMILES string of the molecule is CCNCCOCCc1ccc(OC)c(Br)c1OC. The maximum atomic E-state index is 5.57. The molecule has 1 aromatic carbocycles. The predicted molar refractivity (Wildman–Crippen MR) is 80.3 cm³/mol. The van der Waals surface area contributed by atoms with Crippen molar-refractivity contribution in [1.82, 2.24) is 5.32 Å². The molecular formula is C14H22BrNO3. The molecule has 0 amide bonds. The normalized spacial score (nSPS) is 10.5. The van der Waals surface area contributed by atoms with Crippen molar-refractivity contribution in [3.63, 3.8) is 0 Å². The molecule has 0 unspecified atom stereocenters. The number of likely N-dealkylation sites (N-methyl/N-ethyl adjacent to an activating group) is 1. The Kier molecular flexibility index (Phi) is 7.86. The summed E-state index contributed by atoms with van der Waals surface area (Å²) in [5.41, 5.74) is 1.11. The molecule has 108 valence electrons. The van der Waals surface area contributed by atoms with Gasteiger partial charge in [0, 0.05) is 6.54 Å². The first-order valence-corrected chi connectivity index (χ1v) is 7.21. The molecule has 0 spiro atoms. The van der Waals surface area contributed by atoms with Crippen LogP contribution in [0.15, 0.2) is 16.6 Å². The van der Waals surface area contributed by atoms with Gasteiger partial charge in [-0.15, -0.1) is 0 Å². The van der Waals surface area contributed by atoms with Crippen molar-refractivity contribution in [1.29, 1.82) is 0 Å². The first-order valence-electron chi connectivity index (χ1n) is 6.42. The van der Waals surface area contributed by atoms with Crippen molar-refractivity contribution in [2.24, 2.45) is 0 Å². The summed E-state index contributed by atoms with van der Waals surface area (Å²) in [4.78, 5) is 0. The molecule has 4 nitrogen and oxygen atoms in total. The van der Waals surface area contributed by atoms with Crippen LogP contribution in [0.2, 0.25) is 0 Å². The molecule has 0 fully saturated rings. The van der Waals surface area contributed by atoms with Gasteiger partial charge in [-0.1, -0.05) is 13.0 Å². The molecule has 0 bridgehead atoms. The number of rotatable bonds is 9. The topological polar surface area (TPSA) is 39.7 Å². The van der Waals surface area contributed by atoms with Gasteiger partial charge in [-0.3, -0.25) is 0 Å². The number of nitrogens with one attached hydrogen (secondary N) is 1. The smallest absolute Gasteiger partial charge is 0.140 e. The zero-order valence-electron chi connectivity index (χ0n) is 11.8. The van der Waals surface area contributed by atoms with E-state index in [0.717, 1.165) is 47.7 Å². The highest BCUT2D eigenvalue weighted by Crippen LogP contribution is 2.37. The van der Waals surface area contributed by atoms with Gasteiger partial charge in [0.05, 0.1) is 27.4 Å². The van der Waals surface area contributed by atoms with E-state index in [1.807, 2.05) is 12.1 Å². The van der Waals surface area contributed by atoms with E-state index in [1.54, 1.807) is 14.2 Å². The Balaban J connectivity index is 2.51. The maximum Gasteiger partial charge on any atom is 0.140 e. The van der Waals surface area contributed by atoms with Gasteiger partial charge < -0.3 is 19.5 Å². The van der Waals surface area contributed by atoms with Crippen molar-refractivity contribution >= 4 is 15.9 Å². The monoisotopic (exact) mass is 331 g/mol. The van der Waals surface area contributed by atoms with Crippen LogP contribution < -0.4 is 14.8 Å². The van der Waals surface area contributed by atoms with Crippen LogP contribution in [0, 0.1) is 0 Å². The van der Waals surface area contributed by atoms with Gasteiger partial charge in [-0.2, -0.15) is 0 Å². The van der Waals surface area contributed by atoms with E-state index >= 15 is 0 Å². The van der Waals surface area contributed by atoms with Gasteiger partial charge in [-0.25, -0.2) is 0 Å². The standard InChI is InChI=1S/C14H22BrNO3/c1-4-16-8-10-19-9-7-11-5-6-12(17-2)13(15)14(11)18-3/h5-6,16H,4,7-10H2,1-3H3. The third kappa shape index (κ3) is 5.01. The van der Waals surface area contributed by atoms with E-state index in [0.29, 0.717) is 6.61 Å². The minimum atomic E-state index is 0.681. The number of methoxy groups -OCH3 is 2. The Morgan fingerprint density at radius 2 is 1.95 bits per heavy atom. The fraction of sp³-hybridized carbons (Fsp3) is 0.571. The van der Waals surface area contributed by atoms with Crippen molar-refractivity contribution in [3.8, 4) is 11.5 Å². The largest absolute Gasteiger partial charge is 0.495 e. The summed E-state index contributed by atoms with van der Waals surface area (Å²) in [6, 6.07) is 3.94. The molecule has 1 N–H and O–H groups in total. The fourth-order valence-corrected chi connectivity index (χ4v) is 2.47. The summed E-state index contributed by atoms with van der Waals surface area (Å²) in [6.45, 7) is 5.36. The number of benzene rings is 1. The zero-order valence-corrected chi connectivity index (χ0v) is 13.4. The Bertz CT molecular complexity index is 385. The molecule has 0 atom stereocenters. The molecule has 0 saturated heterocycles. The number of hydrogen-bond acceptors (Lipinski definition) is 4. The van der Waals surface area contributed by atoms with E-state index in [2.05, 4.69) is 28.2 Å². The first-order chi connectivity index (χ1) is 9.24. The van der Waals surface area contributed by atoms with E-state index < -0.39 is 0 Å². The maximum absolute atomic E-state index is 5.57. The van der Waals surface area contributed by atoms with Gasteiger partial charge >= 0.3 is 0 Å². The lowest BCUT2D eigenvalue weighted by molar-refractivity contribution is 0.139. The number of halogens is 1. The summed E-state index contributed by atoms with van der Waals surface area (Å²) in [7, 11) is 3.30. The Morgan fingerprint density at radius 3 is 2.58 bits per heavy atom. The van der Waals surface area contributed by atoms with Crippen LogP contribution in [0.25, 0.3) is 0 Å². The highest BCUT2D eigenvalue weighted by atomic mass is 79.9. The van der Waals surface area contributed by atoms with Gasteiger partial charge in [0.2, 0.25) is 0 Å². The van der Waals surface area contributed by atoms with Crippen LogP contribution in [0.4, 0.5) is 0 Å². The average Bonchev–Trinajstić information content (AvgIpc) is 2.43. The average molecular weight is 332 g/mol. The zero-order chi connectivity index (χ0) is 14.1. The Morgan fingerprint density at radius 1 is 1.16 bits per heavy atom. The molecule has 0 heterocycles. The molecule has 0 saturated carbocycles. The molecule has 0 aliphatic heterocycles. The van der Waals surface area contributed by atoms with Crippen LogP contribution in [0.5, 0.6) is 11.5 Å². The summed E-state index contributed by atoms with van der Waals surface area (Å²) in [5, 5.41) is 3.22. The van der Waals surface area contributed by atoms with E-state index in [9.17, 15) is 0 Å². The van der Waals surface area contributed by atoms with Crippen LogP contribution in [-0.2, 0) is 11.2 Å². The van der Waals surface area contributed by atoms with Gasteiger partial charge in [0.1, 0.15) is 16.0 Å². The quantitative estimate of drug-likeness (QED) is 0.706. The lowest BCUT2D eigenvalue weighted by atomic mass is 10.1. The van der Waals surface area contributed by atoms with Crippen LogP contribution >= 0.6 is 15.9 Å². The lowest BCUT2D eigenvalue weighted by Gasteiger charge is -2.13. The minimum Gasteiger partial charge on any atom is -0.495 e. The van der Waals surface area contributed by atoms with Crippen molar-refractivity contribution in [3.05, 3.63) is 22.2 Å². The highest BCUT2D eigenvalue weighted by molar-refractivity contribution is 9.10. The van der Waals surface area contributed by atoms with E-state index in [1.165, 1.54) is 0 Å². The van der Waals surface area contributed by atoms with E-state index in [-0.39, 0.29) is 0 Å². The third-order valence-electron chi connectivity index (χ3n) is 2.76. The van der Waals surface area contributed by atoms with Crippen molar-refractivity contribution < 1.29 is 14.2 Å². The lowest BCUT2D eigenvalue weighted by Crippen LogP contribution is -2.19. The molecular weight excluding hydrogens is 310 g/mol. The Hall–Kier alpha value is -0.780. The van der Waals surface area contributed by atoms with Crippen molar-refractivity contribution in [2.75, 3.05) is 40.5 Å². The van der Waals surface area contributed by atoms with Crippen LogP contribution in [-0.4, -0.2) is 40.5 Å². The second-order valence-corrected chi connectivity index (χ2v) is 4.78. The third-order valence-corrected chi connectivity index (χ3v) is 3.51. The molecule has 0 aliphatic carbocycles. The number of hydrogen-bond donors (Lipinski definition) is 1. The summed E-state index contributed by atoms with van der Waals surface area (Å²) >= 11 is 3.49. The Labute approximate surface area is 123 Å².